The van der Waals surface area contributed by atoms with Crippen LogP contribution in [0.5, 0.6) is 0 Å². The number of furan rings is 1. The van der Waals surface area contributed by atoms with Crippen molar-refractivity contribution < 1.29 is 13.2 Å². The summed E-state index contributed by atoms with van der Waals surface area (Å²) >= 11 is 1.42. The maximum Gasteiger partial charge on any atom is 0.190 e. The molecular formula is C18H18F2N2OS. The number of thiazole rings is 1. The first kappa shape index (κ1) is 16.6. The van der Waals surface area contributed by atoms with Crippen LogP contribution < -0.4 is 4.80 Å². The molecule has 1 aromatic carbocycles. The second kappa shape index (κ2) is 7.13. The first-order chi connectivity index (χ1) is 11.6. The summed E-state index contributed by atoms with van der Waals surface area (Å²) in [6.45, 7) is 4.21. The van der Waals surface area contributed by atoms with Crippen LogP contribution >= 0.6 is 11.3 Å². The number of aromatic nitrogens is 1. The number of hydrogen-bond acceptors (Lipinski definition) is 3. The van der Waals surface area contributed by atoms with Gasteiger partial charge >= 0.3 is 0 Å². The van der Waals surface area contributed by atoms with E-state index in [4.69, 9.17) is 4.42 Å². The lowest BCUT2D eigenvalue weighted by Gasteiger charge is -2.17. The maximum absolute atomic E-state index is 14.0. The summed E-state index contributed by atoms with van der Waals surface area (Å²) in [5.74, 6) is -0.528. The Labute approximate surface area is 142 Å². The lowest BCUT2D eigenvalue weighted by molar-refractivity contribution is 0.459. The maximum atomic E-state index is 14.0. The van der Waals surface area contributed by atoms with Gasteiger partial charge in [0.1, 0.15) is 11.5 Å². The number of hydrogen-bond donors (Lipinski definition) is 0. The molecule has 0 aliphatic rings. The topological polar surface area (TPSA) is 30.4 Å². The summed E-state index contributed by atoms with van der Waals surface area (Å²) in [5.41, 5.74) is 1.05. The molecule has 0 aliphatic heterocycles. The van der Waals surface area contributed by atoms with Gasteiger partial charge in [-0.1, -0.05) is 13.8 Å². The third kappa shape index (κ3) is 3.19. The molecule has 0 bridgehead atoms. The standard InChI is InChI=1S/C18H18F2N2OS/c1-3-13(4-2)22-16(17-6-5-9-23-17)11-24-18(22)21-15-8-7-12(19)10-14(15)20/h5-11,13H,3-4H2,1-2H3. The molecule has 0 saturated carbocycles. The first-order valence-corrected chi connectivity index (χ1v) is 8.75. The molecule has 0 amide bonds. The van der Waals surface area contributed by atoms with Gasteiger partial charge in [0, 0.05) is 17.5 Å². The van der Waals surface area contributed by atoms with Crippen LogP contribution in [0.15, 0.2) is 51.4 Å². The van der Waals surface area contributed by atoms with Gasteiger partial charge in [0.05, 0.1) is 12.0 Å². The number of nitrogens with zero attached hydrogens (tertiary/aromatic N) is 2. The van der Waals surface area contributed by atoms with E-state index in [9.17, 15) is 8.78 Å². The molecule has 0 N–H and O–H groups in total. The lowest BCUT2D eigenvalue weighted by atomic mass is 10.1. The number of benzene rings is 1. The van der Waals surface area contributed by atoms with Gasteiger partial charge in [0.25, 0.3) is 0 Å². The van der Waals surface area contributed by atoms with Crippen LogP contribution in [-0.2, 0) is 0 Å². The largest absolute Gasteiger partial charge is 0.463 e. The van der Waals surface area contributed by atoms with Gasteiger partial charge in [-0.15, -0.1) is 11.3 Å². The molecule has 3 nitrogen and oxygen atoms in total. The molecule has 126 valence electrons. The third-order valence-electron chi connectivity index (χ3n) is 3.95. The smallest absolute Gasteiger partial charge is 0.190 e. The van der Waals surface area contributed by atoms with Crippen molar-refractivity contribution in [2.45, 2.75) is 32.7 Å². The van der Waals surface area contributed by atoms with E-state index in [1.54, 1.807) is 6.26 Å². The zero-order chi connectivity index (χ0) is 17.1. The van der Waals surface area contributed by atoms with Crippen molar-refractivity contribution in [2.75, 3.05) is 0 Å². The fourth-order valence-corrected chi connectivity index (χ4v) is 3.65. The minimum atomic E-state index is -0.668. The zero-order valence-electron chi connectivity index (χ0n) is 13.5. The highest BCUT2D eigenvalue weighted by Crippen LogP contribution is 2.27. The molecule has 0 fully saturated rings. The molecule has 2 heterocycles. The summed E-state index contributed by atoms with van der Waals surface area (Å²) in [5, 5.41) is 1.96. The number of halogens is 2. The second-order valence-electron chi connectivity index (χ2n) is 5.43. The molecule has 6 heteroatoms. The molecule has 24 heavy (non-hydrogen) atoms. The third-order valence-corrected chi connectivity index (χ3v) is 4.79. The predicted molar refractivity (Wildman–Crippen MR) is 91.2 cm³/mol. The van der Waals surface area contributed by atoms with Gasteiger partial charge in [-0.3, -0.25) is 0 Å². The predicted octanol–water partition coefficient (Wildman–Crippen LogP) is 5.68. The Morgan fingerprint density at radius 1 is 1.21 bits per heavy atom. The van der Waals surface area contributed by atoms with Crippen LogP contribution in [0, 0.1) is 11.6 Å². The van der Waals surface area contributed by atoms with Gasteiger partial charge < -0.3 is 8.98 Å². The van der Waals surface area contributed by atoms with Crippen LogP contribution in [0.25, 0.3) is 11.5 Å². The number of rotatable bonds is 5. The van der Waals surface area contributed by atoms with E-state index in [1.807, 2.05) is 17.5 Å². The van der Waals surface area contributed by atoms with Crippen molar-refractivity contribution in [3.8, 4) is 11.5 Å². The highest BCUT2D eigenvalue weighted by molar-refractivity contribution is 7.07. The average molecular weight is 348 g/mol. The van der Waals surface area contributed by atoms with Gasteiger partial charge in [0.15, 0.2) is 16.4 Å². The molecule has 2 aromatic heterocycles. The summed E-state index contributed by atoms with van der Waals surface area (Å²) in [6.07, 6.45) is 3.46. The fourth-order valence-electron chi connectivity index (χ4n) is 2.69. The van der Waals surface area contributed by atoms with Gasteiger partial charge in [-0.25, -0.2) is 13.8 Å². The van der Waals surface area contributed by atoms with Crippen molar-refractivity contribution >= 4 is 17.0 Å². The van der Waals surface area contributed by atoms with Crippen LogP contribution in [0.1, 0.15) is 32.7 Å². The minimum Gasteiger partial charge on any atom is -0.463 e. The molecule has 0 aliphatic carbocycles. The molecule has 0 unspecified atom stereocenters. The van der Waals surface area contributed by atoms with Crippen LogP contribution in [0.4, 0.5) is 14.5 Å². The Balaban J connectivity index is 2.19. The Bertz CT molecular complexity index is 877. The van der Waals surface area contributed by atoms with E-state index in [0.717, 1.165) is 30.4 Å². The molecule has 0 radical (unpaired) electrons. The fraction of sp³-hybridized carbons (Fsp3) is 0.278. The SMILES string of the molecule is CCC(CC)n1c(-c2ccco2)csc1=Nc1ccc(F)cc1F. The van der Waals surface area contributed by atoms with Gasteiger partial charge in [0.2, 0.25) is 0 Å². The highest BCUT2D eigenvalue weighted by atomic mass is 32.1. The van der Waals surface area contributed by atoms with E-state index in [-0.39, 0.29) is 11.7 Å². The molecular weight excluding hydrogens is 330 g/mol. The Hall–Kier alpha value is -2.21. The van der Waals surface area contributed by atoms with Crippen molar-refractivity contribution in [1.82, 2.24) is 4.57 Å². The monoisotopic (exact) mass is 348 g/mol. The summed E-state index contributed by atoms with van der Waals surface area (Å²) in [4.78, 5) is 5.09. The summed E-state index contributed by atoms with van der Waals surface area (Å²) < 4.78 is 34.7. The molecule has 0 saturated heterocycles. The highest BCUT2D eigenvalue weighted by Gasteiger charge is 2.17. The normalized spacial score (nSPS) is 12.3. The van der Waals surface area contributed by atoms with Crippen LogP contribution in [0.3, 0.4) is 0 Å². The quantitative estimate of drug-likeness (QED) is 0.583. The molecule has 3 rings (SSSR count). The minimum absolute atomic E-state index is 0.129. The van der Waals surface area contributed by atoms with Crippen molar-refractivity contribution in [3.05, 3.63) is 58.4 Å². The van der Waals surface area contributed by atoms with E-state index >= 15 is 0 Å². The molecule has 0 spiro atoms. The lowest BCUT2D eigenvalue weighted by Crippen LogP contribution is -2.21. The summed E-state index contributed by atoms with van der Waals surface area (Å²) in [6, 6.07) is 7.36. The van der Waals surface area contributed by atoms with E-state index in [1.165, 1.54) is 23.5 Å². The van der Waals surface area contributed by atoms with E-state index in [0.29, 0.717) is 4.80 Å². The zero-order valence-corrected chi connectivity index (χ0v) is 14.3. The van der Waals surface area contributed by atoms with E-state index < -0.39 is 11.6 Å². The first-order valence-electron chi connectivity index (χ1n) is 7.87. The van der Waals surface area contributed by atoms with E-state index in [2.05, 4.69) is 23.4 Å². The summed E-state index contributed by atoms with van der Waals surface area (Å²) in [7, 11) is 0. The van der Waals surface area contributed by atoms with Crippen LogP contribution in [-0.4, -0.2) is 4.57 Å². The average Bonchev–Trinajstić information content (AvgIpc) is 3.21. The van der Waals surface area contributed by atoms with Crippen molar-refractivity contribution in [2.24, 2.45) is 4.99 Å². The second-order valence-corrected chi connectivity index (χ2v) is 6.27. The molecule has 3 aromatic rings. The van der Waals surface area contributed by atoms with Crippen molar-refractivity contribution in [3.63, 3.8) is 0 Å². The van der Waals surface area contributed by atoms with Gasteiger partial charge in [-0.2, -0.15) is 0 Å². The Kier molecular flexibility index (Phi) is 4.94. The van der Waals surface area contributed by atoms with Gasteiger partial charge in [-0.05, 0) is 37.1 Å². The Morgan fingerprint density at radius 2 is 2.00 bits per heavy atom. The van der Waals surface area contributed by atoms with Crippen molar-refractivity contribution in [1.29, 1.82) is 0 Å². The molecule has 0 atom stereocenters. The Morgan fingerprint density at radius 3 is 2.62 bits per heavy atom. The van der Waals surface area contributed by atoms with Crippen LogP contribution in [0.2, 0.25) is 0 Å².